The van der Waals surface area contributed by atoms with Gasteiger partial charge in [0.05, 0.1) is 25.2 Å². The lowest BCUT2D eigenvalue weighted by molar-refractivity contribution is -0.201. The first-order chi connectivity index (χ1) is 11.2. The highest BCUT2D eigenvalue weighted by molar-refractivity contribution is 5.77. The molecule has 1 aliphatic heterocycles. The number of esters is 1. The maximum Gasteiger partial charge on any atom is 0.312 e. The summed E-state index contributed by atoms with van der Waals surface area (Å²) in [5.41, 5.74) is -0.429. The van der Waals surface area contributed by atoms with E-state index >= 15 is 0 Å². The number of carbonyl (C=O) groups excluding carboxylic acids is 1. The molecule has 0 radical (unpaired) electrons. The van der Waals surface area contributed by atoms with Crippen LogP contribution in [-0.4, -0.2) is 44.8 Å². The van der Waals surface area contributed by atoms with Crippen molar-refractivity contribution in [2.45, 2.75) is 71.0 Å². The van der Waals surface area contributed by atoms with E-state index in [0.29, 0.717) is 26.4 Å². The Bertz CT molecular complexity index is 352. The van der Waals surface area contributed by atoms with Gasteiger partial charge in [-0.2, -0.15) is 0 Å². The third-order valence-electron chi connectivity index (χ3n) is 5.11. The second kappa shape index (κ2) is 9.00. The average molecular weight is 328 g/mol. The predicted molar refractivity (Wildman–Crippen MR) is 87.1 cm³/mol. The molecule has 1 saturated heterocycles. The number of hydrogen-bond donors (Lipinski definition) is 0. The van der Waals surface area contributed by atoms with Crippen molar-refractivity contribution < 1.29 is 23.7 Å². The van der Waals surface area contributed by atoms with Crippen LogP contribution in [0.25, 0.3) is 0 Å². The van der Waals surface area contributed by atoms with Crippen molar-refractivity contribution in [2.75, 3.05) is 33.0 Å². The van der Waals surface area contributed by atoms with E-state index in [2.05, 4.69) is 6.92 Å². The second-order valence-corrected chi connectivity index (χ2v) is 6.68. The van der Waals surface area contributed by atoms with E-state index < -0.39 is 11.2 Å². The number of unbranched alkanes of at least 4 members (excludes halogenated alkanes) is 2. The molecule has 0 aromatic rings. The smallest absolute Gasteiger partial charge is 0.312 e. The van der Waals surface area contributed by atoms with Crippen molar-refractivity contribution in [3.63, 3.8) is 0 Å². The van der Waals surface area contributed by atoms with Gasteiger partial charge in [0.25, 0.3) is 0 Å². The quantitative estimate of drug-likeness (QED) is 0.479. The summed E-state index contributed by atoms with van der Waals surface area (Å²) in [6.07, 6.45) is 7.25. The highest BCUT2D eigenvalue weighted by Gasteiger charge is 2.50. The van der Waals surface area contributed by atoms with Gasteiger partial charge in [-0.05, 0) is 32.6 Å². The third-order valence-corrected chi connectivity index (χ3v) is 5.11. The highest BCUT2D eigenvalue weighted by Crippen LogP contribution is 2.47. The van der Waals surface area contributed by atoms with E-state index in [1.807, 2.05) is 6.92 Å². The number of carbonyl (C=O) groups is 1. The van der Waals surface area contributed by atoms with Crippen LogP contribution >= 0.6 is 0 Å². The Morgan fingerprint density at radius 3 is 2.30 bits per heavy atom. The molecule has 0 aromatic carbocycles. The van der Waals surface area contributed by atoms with Crippen molar-refractivity contribution in [1.82, 2.24) is 0 Å². The second-order valence-electron chi connectivity index (χ2n) is 6.68. The van der Waals surface area contributed by atoms with E-state index in [4.69, 9.17) is 18.9 Å². The average Bonchev–Trinajstić information content (AvgIpc) is 3.02. The Morgan fingerprint density at radius 2 is 1.70 bits per heavy atom. The van der Waals surface area contributed by atoms with E-state index in [-0.39, 0.29) is 5.97 Å². The molecular formula is C18H32O5. The van der Waals surface area contributed by atoms with Crippen LogP contribution in [0.1, 0.15) is 65.2 Å². The highest BCUT2D eigenvalue weighted by atomic mass is 16.7. The molecule has 0 amide bonds. The van der Waals surface area contributed by atoms with Crippen LogP contribution in [0.2, 0.25) is 0 Å². The zero-order chi connectivity index (χ0) is 16.6. The first-order valence-corrected chi connectivity index (χ1v) is 9.19. The van der Waals surface area contributed by atoms with Crippen LogP contribution in [0.5, 0.6) is 0 Å². The van der Waals surface area contributed by atoms with Crippen molar-refractivity contribution in [2.24, 2.45) is 5.41 Å². The summed E-state index contributed by atoms with van der Waals surface area (Å²) in [6, 6.07) is 0. The number of ether oxygens (including phenoxy) is 4. The molecule has 1 saturated carbocycles. The molecule has 0 unspecified atom stereocenters. The van der Waals surface area contributed by atoms with Crippen molar-refractivity contribution in [1.29, 1.82) is 0 Å². The lowest BCUT2D eigenvalue weighted by Gasteiger charge is -2.41. The van der Waals surface area contributed by atoms with Crippen LogP contribution in [-0.2, 0) is 23.7 Å². The molecule has 1 aliphatic carbocycles. The fraction of sp³-hybridized carbons (Fsp3) is 0.944. The fourth-order valence-corrected chi connectivity index (χ4v) is 3.56. The normalized spacial score (nSPS) is 22.3. The zero-order valence-corrected chi connectivity index (χ0v) is 14.7. The summed E-state index contributed by atoms with van der Waals surface area (Å²) in [5.74, 6) is -0.525. The summed E-state index contributed by atoms with van der Waals surface area (Å²) in [6.45, 7) is 7.19. The molecule has 2 fully saturated rings. The first kappa shape index (κ1) is 18.7. The van der Waals surface area contributed by atoms with Crippen LogP contribution in [0.3, 0.4) is 0 Å². The molecule has 0 atom stereocenters. The summed E-state index contributed by atoms with van der Waals surface area (Å²) in [5, 5.41) is 0. The maximum atomic E-state index is 12.5. The largest absolute Gasteiger partial charge is 0.466 e. The summed E-state index contributed by atoms with van der Waals surface area (Å²) in [7, 11) is 0. The standard InChI is InChI=1S/C18H32O5/c1-3-5-6-12-20-13-11-17(16(19)21-4-2)7-9-18(10-8-17)22-14-15-23-18/h3-15H2,1-2H3. The molecule has 1 spiro atoms. The minimum absolute atomic E-state index is 0.0787. The van der Waals surface area contributed by atoms with Crippen LogP contribution in [0.4, 0.5) is 0 Å². The van der Waals surface area contributed by atoms with Crippen molar-refractivity contribution in [3.05, 3.63) is 0 Å². The van der Waals surface area contributed by atoms with Crippen LogP contribution in [0.15, 0.2) is 0 Å². The van der Waals surface area contributed by atoms with E-state index in [1.165, 1.54) is 12.8 Å². The molecule has 0 bridgehead atoms. The van der Waals surface area contributed by atoms with Gasteiger partial charge in [0.2, 0.25) is 0 Å². The van der Waals surface area contributed by atoms with Gasteiger partial charge >= 0.3 is 5.97 Å². The van der Waals surface area contributed by atoms with Gasteiger partial charge in [-0.25, -0.2) is 0 Å². The van der Waals surface area contributed by atoms with Gasteiger partial charge in [0.15, 0.2) is 5.79 Å². The Balaban J connectivity index is 1.85. The Kier molecular flexibility index (Phi) is 7.31. The number of rotatable bonds is 9. The Labute approximate surface area is 140 Å². The maximum absolute atomic E-state index is 12.5. The third kappa shape index (κ3) is 4.91. The van der Waals surface area contributed by atoms with E-state index in [0.717, 1.165) is 45.1 Å². The molecule has 0 N–H and O–H groups in total. The topological polar surface area (TPSA) is 54.0 Å². The fourth-order valence-electron chi connectivity index (χ4n) is 3.56. The molecule has 5 nitrogen and oxygen atoms in total. The minimum atomic E-state index is -0.446. The predicted octanol–water partition coefficient (Wildman–Crippen LogP) is 3.45. The molecule has 134 valence electrons. The summed E-state index contributed by atoms with van der Waals surface area (Å²) >= 11 is 0. The van der Waals surface area contributed by atoms with Gasteiger partial charge < -0.3 is 18.9 Å². The van der Waals surface area contributed by atoms with E-state index in [9.17, 15) is 4.79 Å². The summed E-state index contributed by atoms with van der Waals surface area (Å²) < 4.78 is 22.7. The van der Waals surface area contributed by atoms with Crippen LogP contribution in [0, 0.1) is 5.41 Å². The van der Waals surface area contributed by atoms with Gasteiger partial charge in [-0.1, -0.05) is 19.8 Å². The van der Waals surface area contributed by atoms with Gasteiger partial charge in [0.1, 0.15) is 0 Å². The lowest BCUT2D eigenvalue weighted by atomic mass is 9.70. The Hall–Kier alpha value is -0.650. The molecule has 2 rings (SSSR count). The molecular weight excluding hydrogens is 296 g/mol. The van der Waals surface area contributed by atoms with E-state index in [1.54, 1.807) is 0 Å². The molecule has 2 aliphatic rings. The van der Waals surface area contributed by atoms with Crippen molar-refractivity contribution >= 4 is 5.97 Å². The molecule has 23 heavy (non-hydrogen) atoms. The number of hydrogen-bond acceptors (Lipinski definition) is 5. The summed E-state index contributed by atoms with van der Waals surface area (Å²) in [4.78, 5) is 12.5. The molecule has 1 heterocycles. The van der Waals surface area contributed by atoms with Gasteiger partial charge in [0, 0.05) is 26.1 Å². The lowest BCUT2D eigenvalue weighted by Crippen LogP contribution is -2.45. The SMILES string of the molecule is CCCCCOCCC1(C(=O)OCC)CCC2(CC1)OCCO2. The monoisotopic (exact) mass is 328 g/mol. The first-order valence-electron chi connectivity index (χ1n) is 9.19. The minimum Gasteiger partial charge on any atom is -0.466 e. The molecule has 5 heteroatoms. The van der Waals surface area contributed by atoms with Gasteiger partial charge in [-0.3, -0.25) is 4.79 Å². The molecule has 0 aromatic heterocycles. The zero-order valence-electron chi connectivity index (χ0n) is 14.7. The van der Waals surface area contributed by atoms with Gasteiger partial charge in [-0.15, -0.1) is 0 Å². The Morgan fingerprint density at radius 1 is 1.00 bits per heavy atom. The van der Waals surface area contributed by atoms with Crippen LogP contribution < -0.4 is 0 Å². The van der Waals surface area contributed by atoms with Crippen molar-refractivity contribution in [3.8, 4) is 0 Å².